The highest BCUT2D eigenvalue weighted by molar-refractivity contribution is 6.00. The van der Waals surface area contributed by atoms with Crippen molar-refractivity contribution in [2.45, 2.75) is 27.2 Å². The highest BCUT2D eigenvalue weighted by Crippen LogP contribution is 2.24. The molecule has 3 aromatic rings. The van der Waals surface area contributed by atoms with E-state index in [-0.39, 0.29) is 24.2 Å². The maximum absolute atomic E-state index is 12.5. The molecular formula is C23H27N7O2. The van der Waals surface area contributed by atoms with Crippen molar-refractivity contribution < 1.29 is 9.59 Å². The Hall–Kier alpha value is -3.75. The first-order valence-corrected chi connectivity index (χ1v) is 10.7. The number of para-hydroxylation sites is 1. The molecule has 1 saturated heterocycles. The number of rotatable bonds is 7. The van der Waals surface area contributed by atoms with Crippen molar-refractivity contribution in [3.8, 4) is 5.82 Å². The van der Waals surface area contributed by atoms with E-state index in [9.17, 15) is 9.59 Å². The van der Waals surface area contributed by atoms with Crippen molar-refractivity contribution in [3.05, 3.63) is 59.4 Å². The molecule has 0 bridgehead atoms. The van der Waals surface area contributed by atoms with E-state index in [1.54, 1.807) is 9.58 Å². The highest BCUT2D eigenvalue weighted by atomic mass is 16.2. The van der Waals surface area contributed by atoms with Crippen LogP contribution in [0.25, 0.3) is 5.82 Å². The summed E-state index contributed by atoms with van der Waals surface area (Å²) in [6, 6.07) is 13.1. The van der Waals surface area contributed by atoms with E-state index in [4.69, 9.17) is 0 Å². The number of benzene rings is 1. The average molecular weight is 434 g/mol. The van der Waals surface area contributed by atoms with Gasteiger partial charge in [-0.25, -0.2) is 4.68 Å². The third-order valence-electron chi connectivity index (χ3n) is 5.81. The first kappa shape index (κ1) is 21.5. The lowest BCUT2D eigenvalue weighted by molar-refractivity contribution is -0.126. The molecule has 2 aromatic heterocycles. The van der Waals surface area contributed by atoms with Crippen molar-refractivity contribution in [1.29, 1.82) is 0 Å². The molecule has 3 heterocycles. The van der Waals surface area contributed by atoms with Crippen molar-refractivity contribution in [2.75, 3.05) is 29.9 Å². The van der Waals surface area contributed by atoms with Crippen molar-refractivity contribution in [3.63, 3.8) is 0 Å². The number of anilines is 2. The molecule has 1 aliphatic heterocycles. The maximum atomic E-state index is 12.5. The molecule has 0 radical (unpaired) electrons. The lowest BCUT2D eigenvalue weighted by Crippen LogP contribution is -2.35. The third-order valence-corrected chi connectivity index (χ3v) is 5.81. The fourth-order valence-electron chi connectivity index (χ4n) is 3.74. The number of aryl methyl sites for hydroxylation is 1. The molecule has 4 rings (SSSR count). The number of nitrogens with zero attached hydrogens (tertiary/aromatic N) is 5. The van der Waals surface area contributed by atoms with Crippen LogP contribution in [0.3, 0.4) is 0 Å². The van der Waals surface area contributed by atoms with E-state index in [1.807, 2.05) is 63.2 Å². The zero-order valence-electron chi connectivity index (χ0n) is 18.5. The molecular weight excluding hydrogens is 406 g/mol. The number of nitrogens with one attached hydrogen (secondary N) is 2. The first-order chi connectivity index (χ1) is 15.4. The molecule has 0 saturated carbocycles. The van der Waals surface area contributed by atoms with Gasteiger partial charge in [0.1, 0.15) is 5.82 Å². The van der Waals surface area contributed by atoms with Gasteiger partial charge in [0.2, 0.25) is 11.8 Å². The minimum absolute atomic E-state index is 0.0253. The Balaban J connectivity index is 1.24. The van der Waals surface area contributed by atoms with Crippen LogP contribution in [-0.2, 0) is 9.59 Å². The topological polar surface area (TPSA) is 105 Å². The predicted octanol–water partition coefficient (Wildman–Crippen LogP) is 2.17. The second-order valence-electron chi connectivity index (χ2n) is 7.94. The molecule has 1 aromatic carbocycles. The van der Waals surface area contributed by atoms with Crippen LogP contribution >= 0.6 is 0 Å². The molecule has 9 heteroatoms. The summed E-state index contributed by atoms with van der Waals surface area (Å²) in [5.74, 6) is 0.799. The van der Waals surface area contributed by atoms with Gasteiger partial charge in [-0.2, -0.15) is 5.10 Å². The number of carbonyl (C=O) groups is 2. The quantitative estimate of drug-likeness (QED) is 0.554. The molecule has 2 amide bonds. The Labute approximate surface area is 186 Å². The van der Waals surface area contributed by atoms with Gasteiger partial charge in [-0.05, 0) is 50.6 Å². The van der Waals surface area contributed by atoms with E-state index < -0.39 is 0 Å². The maximum Gasteiger partial charge on any atom is 0.227 e. The first-order valence-electron chi connectivity index (χ1n) is 10.7. The third kappa shape index (κ3) is 4.46. The van der Waals surface area contributed by atoms with Gasteiger partial charge in [-0.15, -0.1) is 10.2 Å². The van der Waals surface area contributed by atoms with Crippen LogP contribution in [-0.4, -0.2) is 51.4 Å². The Morgan fingerprint density at radius 3 is 2.50 bits per heavy atom. The second-order valence-corrected chi connectivity index (χ2v) is 7.94. The van der Waals surface area contributed by atoms with Crippen LogP contribution < -0.4 is 15.5 Å². The Morgan fingerprint density at radius 2 is 1.84 bits per heavy atom. The van der Waals surface area contributed by atoms with Crippen LogP contribution in [0.2, 0.25) is 0 Å². The monoisotopic (exact) mass is 433 g/mol. The van der Waals surface area contributed by atoms with Crippen LogP contribution in [0.1, 0.15) is 23.4 Å². The van der Waals surface area contributed by atoms with Crippen LogP contribution in [0.5, 0.6) is 0 Å². The standard InChI is InChI=1S/C23H27N7O2/c1-15-16(2)28-30(17(15)3)21-10-9-20(26-27-21)24-11-12-25-23(32)18-13-22(31)29(14-18)19-7-5-4-6-8-19/h4-10,18H,11-14H2,1-3H3,(H,24,26)(H,25,32). The van der Waals surface area contributed by atoms with E-state index >= 15 is 0 Å². The Morgan fingerprint density at radius 1 is 1.06 bits per heavy atom. The van der Waals surface area contributed by atoms with Gasteiger partial charge in [-0.3, -0.25) is 9.59 Å². The van der Waals surface area contributed by atoms with Gasteiger partial charge in [0.05, 0.1) is 11.6 Å². The van der Waals surface area contributed by atoms with E-state index in [1.165, 1.54) is 0 Å². The molecule has 1 aliphatic rings. The summed E-state index contributed by atoms with van der Waals surface area (Å²) in [6.45, 7) is 7.34. The molecule has 9 nitrogen and oxygen atoms in total. The molecule has 0 spiro atoms. The van der Waals surface area contributed by atoms with E-state index in [0.717, 1.165) is 22.6 Å². The van der Waals surface area contributed by atoms with Gasteiger partial charge in [0, 0.05) is 37.4 Å². The molecule has 166 valence electrons. The fraction of sp³-hybridized carbons (Fsp3) is 0.348. The number of hydrogen-bond donors (Lipinski definition) is 2. The normalized spacial score (nSPS) is 15.8. The van der Waals surface area contributed by atoms with E-state index in [2.05, 4.69) is 25.9 Å². The Kier molecular flexibility index (Phi) is 6.16. The van der Waals surface area contributed by atoms with Gasteiger partial charge in [0.25, 0.3) is 0 Å². The van der Waals surface area contributed by atoms with Crippen molar-refractivity contribution in [2.24, 2.45) is 5.92 Å². The predicted molar refractivity (Wildman–Crippen MR) is 122 cm³/mol. The minimum Gasteiger partial charge on any atom is -0.367 e. The van der Waals surface area contributed by atoms with Crippen LogP contribution in [0.15, 0.2) is 42.5 Å². The van der Waals surface area contributed by atoms with Crippen molar-refractivity contribution >= 4 is 23.3 Å². The zero-order chi connectivity index (χ0) is 22.7. The number of carbonyl (C=O) groups excluding carboxylic acids is 2. The summed E-state index contributed by atoms with van der Waals surface area (Å²) in [7, 11) is 0. The Bertz CT molecular complexity index is 1110. The summed E-state index contributed by atoms with van der Waals surface area (Å²) in [6.07, 6.45) is 0.229. The lowest BCUT2D eigenvalue weighted by atomic mass is 10.1. The van der Waals surface area contributed by atoms with Crippen molar-refractivity contribution in [1.82, 2.24) is 25.3 Å². The molecule has 0 aliphatic carbocycles. The minimum atomic E-state index is -0.342. The van der Waals surface area contributed by atoms with Crippen LogP contribution in [0, 0.1) is 26.7 Å². The number of amides is 2. The van der Waals surface area contributed by atoms with Gasteiger partial charge < -0.3 is 15.5 Å². The summed E-state index contributed by atoms with van der Waals surface area (Å²) in [5.41, 5.74) is 3.97. The fourth-order valence-corrected chi connectivity index (χ4v) is 3.74. The largest absolute Gasteiger partial charge is 0.367 e. The number of aromatic nitrogens is 4. The zero-order valence-corrected chi connectivity index (χ0v) is 18.5. The molecule has 32 heavy (non-hydrogen) atoms. The average Bonchev–Trinajstić information content (AvgIpc) is 3.32. The smallest absolute Gasteiger partial charge is 0.227 e. The second kappa shape index (κ2) is 9.17. The van der Waals surface area contributed by atoms with Gasteiger partial charge in [-0.1, -0.05) is 18.2 Å². The summed E-state index contributed by atoms with van der Waals surface area (Å²) >= 11 is 0. The molecule has 2 N–H and O–H groups in total. The van der Waals surface area contributed by atoms with Crippen LogP contribution in [0.4, 0.5) is 11.5 Å². The van der Waals surface area contributed by atoms with Gasteiger partial charge in [0.15, 0.2) is 5.82 Å². The summed E-state index contributed by atoms with van der Waals surface area (Å²) in [4.78, 5) is 26.4. The SMILES string of the molecule is Cc1nn(-c2ccc(NCCNC(=O)C3CC(=O)N(c4ccccc4)C3)nn2)c(C)c1C. The molecule has 1 fully saturated rings. The summed E-state index contributed by atoms with van der Waals surface area (Å²) in [5, 5.41) is 19.0. The number of hydrogen-bond acceptors (Lipinski definition) is 6. The van der Waals surface area contributed by atoms with E-state index in [0.29, 0.717) is 31.3 Å². The lowest BCUT2D eigenvalue weighted by Gasteiger charge is -2.16. The summed E-state index contributed by atoms with van der Waals surface area (Å²) < 4.78 is 1.78. The highest BCUT2D eigenvalue weighted by Gasteiger charge is 2.34. The molecule has 1 atom stereocenters. The molecule has 1 unspecified atom stereocenters. The van der Waals surface area contributed by atoms with Gasteiger partial charge >= 0.3 is 0 Å².